The topological polar surface area (TPSA) is 23.6 Å². The molecule has 0 saturated carbocycles. The van der Waals surface area contributed by atoms with Crippen LogP contribution < -0.4 is 0 Å². The van der Waals surface area contributed by atoms with Crippen LogP contribution in [0.15, 0.2) is 23.9 Å². The first-order valence-corrected chi connectivity index (χ1v) is 5.14. The Morgan fingerprint density at radius 1 is 1.50 bits per heavy atom. The summed E-state index contributed by atoms with van der Waals surface area (Å²) in [7, 11) is 2.99. The predicted octanol–water partition coefficient (Wildman–Crippen LogP) is 0.555. The van der Waals surface area contributed by atoms with E-state index in [1.807, 2.05) is 30.0 Å². The Kier molecular flexibility index (Phi) is 2.92. The van der Waals surface area contributed by atoms with Crippen molar-refractivity contribution in [2.45, 2.75) is 0 Å². The Bertz CT molecular complexity index is 237. The summed E-state index contributed by atoms with van der Waals surface area (Å²) in [5.41, 5.74) is 0. The molecule has 1 rings (SSSR count). The molecule has 1 aliphatic rings. The number of likely N-dealkylation sites (N-methyl/N-ethyl adjacent to an activating group) is 1. The molecule has 1 aliphatic heterocycles. The van der Waals surface area contributed by atoms with E-state index >= 15 is 0 Å². The summed E-state index contributed by atoms with van der Waals surface area (Å²) >= 11 is 0. The fraction of sp³-hybridized carbons (Fsp3) is 0.500. The van der Waals surface area contributed by atoms with E-state index in [1.165, 1.54) is 0 Å². The summed E-state index contributed by atoms with van der Waals surface area (Å²) in [6, 6.07) is 0. The molecule has 0 aromatic carbocycles. The summed E-state index contributed by atoms with van der Waals surface area (Å²) in [4.78, 5) is 3.92. The summed E-state index contributed by atoms with van der Waals surface area (Å²) in [5.74, 6) is 1.44. The second-order valence-electron chi connectivity index (χ2n) is 2.88. The van der Waals surface area contributed by atoms with Gasteiger partial charge in [0.2, 0.25) is 0 Å². The van der Waals surface area contributed by atoms with Crippen LogP contribution in [0, 0.1) is 0 Å². The van der Waals surface area contributed by atoms with E-state index < -0.39 is 10.8 Å². The zero-order valence-corrected chi connectivity index (χ0v) is 8.30. The molecule has 0 aromatic heterocycles. The van der Waals surface area contributed by atoms with E-state index in [1.54, 1.807) is 5.41 Å². The first kappa shape index (κ1) is 9.32. The quantitative estimate of drug-likeness (QED) is 0.552. The second kappa shape index (κ2) is 3.76. The van der Waals surface area contributed by atoms with E-state index in [0.717, 1.165) is 12.4 Å². The molecule has 12 heavy (non-hydrogen) atoms. The van der Waals surface area contributed by atoms with Crippen molar-refractivity contribution in [1.29, 1.82) is 0 Å². The van der Waals surface area contributed by atoms with Crippen molar-refractivity contribution in [2.24, 2.45) is 0 Å². The summed E-state index contributed by atoms with van der Waals surface area (Å²) < 4.78 is 11.2. The smallest absolute Gasteiger partial charge is 0.0988 e. The van der Waals surface area contributed by atoms with Crippen molar-refractivity contribution in [3.8, 4) is 0 Å². The third kappa shape index (κ3) is 2.11. The van der Waals surface area contributed by atoms with Crippen LogP contribution in [0.5, 0.6) is 0 Å². The molecular formula is C8H14N2OS. The van der Waals surface area contributed by atoms with Crippen LogP contribution in [-0.2, 0) is 10.8 Å². The lowest BCUT2D eigenvalue weighted by atomic mass is 10.5. The summed E-state index contributed by atoms with van der Waals surface area (Å²) in [6.07, 6.45) is 1.91. The minimum Gasteiger partial charge on any atom is -0.358 e. The van der Waals surface area contributed by atoms with Gasteiger partial charge in [-0.05, 0) is 0 Å². The van der Waals surface area contributed by atoms with Crippen LogP contribution in [0.25, 0.3) is 0 Å². The Hall–Kier alpha value is -0.770. The molecule has 0 bridgehead atoms. The molecule has 0 saturated heterocycles. The molecule has 0 fully saturated rings. The third-order valence-electron chi connectivity index (χ3n) is 1.83. The van der Waals surface area contributed by atoms with E-state index in [2.05, 4.69) is 6.58 Å². The van der Waals surface area contributed by atoms with E-state index in [-0.39, 0.29) is 0 Å². The zero-order valence-electron chi connectivity index (χ0n) is 7.49. The highest BCUT2D eigenvalue weighted by Crippen LogP contribution is 2.07. The maximum atomic E-state index is 11.2. The number of rotatable bonds is 0. The number of hydrogen-bond donors (Lipinski definition) is 0. The van der Waals surface area contributed by atoms with Gasteiger partial charge in [0.1, 0.15) is 0 Å². The molecule has 0 N–H and O–H groups in total. The molecule has 0 amide bonds. The maximum Gasteiger partial charge on any atom is 0.0988 e. The van der Waals surface area contributed by atoms with Crippen LogP contribution in [0.1, 0.15) is 0 Å². The third-order valence-corrected chi connectivity index (χ3v) is 2.97. The highest BCUT2D eigenvalue weighted by Gasteiger charge is 2.10. The maximum absolute atomic E-state index is 11.2. The normalized spacial score (nSPS) is 28.2. The molecule has 0 aliphatic carbocycles. The minimum atomic E-state index is -0.877. The molecule has 4 heteroatoms. The monoisotopic (exact) mass is 186 g/mol. The minimum absolute atomic E-state index is 0.527. The lowest BCUT2D eigenvalue weighted by Crippen LogP contribution is -2.33. The van der Waals surface area contributed by atoms with Gasteiger partial charge in [-0.25, -0.2) is 0 Å². The van der Waals surface area contributed by atoms with Crippen molar-refractivity contribution < 1.29 is 4.21 Å². The highest BCUT2D eigenvalue weighted by molar-refractivity contribution is 7.87. The lowest BCUT2D eigenvalue weighted by molar-refractivity contribution is 0.313. The van der Waals surface area contributed by atoms with Crippen molar-refractivity contribution in [1.82, 2.24) is 9.80 Å². The zero-order chi connectivity index (χ0) is 9.14. The van der Waals surface area contributed by atoms with Crippen LogP contribution in [0.3, 0.4) is 0 Å². The second-order valence-corrected chi connectivity index (χ2v) is 4.17. The predicted molar refractivity (Wildman–Crippen MR) is 51.7 cm³/mol. The molecule has 1 unspecified atom stereocenters. The Labute approximate surface area is 75.8 Å². The van der Waals surface area contributed by atoms with Crippen LogP contribution in [0.4, 0.5) is 0 Å². The lowest BCUT2D eigenvalue weighted by Gasteiger charge is -2.29. The first-order valence-electron chi connectivity index (χ1n) is 3.76. The van der Waals surface area contributed by atoms with Crippen LogP contribution in [0.2, 0.25) is 0 Å². The van der Waals surface area contributed by atoms with Gasteiger partial charge in [0.25, 0.3) is 0 Å². The molecule has 68 valence electrons. The molecule has 1 atom stereocenters. The van der Waals surface area contributed by atoms with Crippen molar-refractivity contribution in [3.63, 3.8) is 0 Å². The molecule has 0 radical (unpaired) electrons. The van der Waals surface area contributed by atoms with Gasteiger partial charge in [-0.15, -0.1) is 0 Å². The van der Waals surface area contributed by atoms with E-state index in [9.17, 15) is 4.21 Å². The van der Waals surface area contributed by atoms with Gasteiger partial charge in [0, 0.05) is 26.0 Å². The average molecular weight is 186 g/mol. The summed E-state index contributed by atoms with van der Waals surface area (Å²) in [5, 5.41) is 1.74. The van der Waals surface area contributed by atoms with Gasteiger partial charge in [-0.3, -0.25) is 4.21 Å². The van der Waals surface area contributed by atoms with Gasteiger partial charge < -0.3 is 9.80 Å². The van der Waals surface area contributed by atoms with Crippen LogP contribution in [-0.4, -0.2) is 40.5 Å². The van der Waals surface area contributed by atoms with E-state index in [0.29, 0.717) is 5.88 Å². The highest BCUT2D eigenvalue weighted by atomic mass is 32.2. The molecule has 3 nitrogen and oxygen atoms in total. The van der Waals surface area contributed by atoms with Gasteiger partial charge in [-0.2, -0.15) is 0 Å². The molecule has 0 aromatic rings. The van der Waals surface area contributed by atoms with E-state index in [4.69, 9.17) is 0 Å². The largest absolute Gasteiger partial charge is 0.358 e. The van der Waals surface area contributed by atoms with Gasteiger partial charge in [0.05, 0.1) is 22.5 Å². The fourth-order valence-corrected chi connectivity index (χ4v) is 1.93. The van der Waals surface area contributed by atoms with Gasteiger partial charge >= 0.3 is 0 Å². The molecule has 0 spiro atoms. The fourth-order valence-electron chi connectivity index (χ4n) is 1.01. The van der Waals surface area contributed by atoms with Crippen molar-refractivity contribution in [3.05, 3.63) is 23.9 Å². The van der Waals surface area contributed by atoms with Crippen molar-refractivity contribution in [2.75, 3.05) is 26.5 Å². The Morgan fingerprint density at radius 3 is 2.83 bits per heavy atom. The van der Waals surface area contributed by atoms with Crippen LogP contribution >= 0.6 is 0 Å². The Morgan fingerprint density at radius 2 is 2.17 bits per heavy atom. The summed E-state index contributed by atoms with van der Waals surface area (Å²) in [6.45, 7) is 4.67. The Balaban J connectivity index is 2.76. The van der Waals surface area contributed by atoms with Gasteiger partial charge in [0.15, 0.2) is 0 Å². The first-order chi connectivity index (χ1) is 5.61. The number of nitrogens with zero attached hydrogens (tertiary/aromatic N) is 2. The standard InChI is InChI=1S/C8H14N2OS/c1-8-9(2)5-4-6-12(11)7-10(8)3/h4,6H,1,5,7H2,2-3H3/b6-4-. The number of hydrogen-bond acceptors (Lipinski definition) is 3. The average Bonchev–Trinajstić information content (AvgIpc) is 2.01. The SMILES string of the molecule is C=C1N(C)C/C=C\S(=O)CN1C. The van der Waals surface area contributed by atoms with Crippen molar-refractivity contribution >= 4 is 10.8 Å². The van der Waals surface area contributed by atoms with Gasteiger partial charge in [-0.1, -0.05) is 12.7 Å². The molecule has 1 heterocycles. The molecular weight excluding hydrogens is 172 g/mol.